The van der Waals surface area contributed by atoms with E-state index >= 15 is 0 Å². The standard InChI is InChI=1S/C15H11ClN4O/c16-11-4-9-6-21-5-8-2-1-3-10(12(8)9)13(11)14-18-7-19-15(17)20-14/h1-4,7H,5-6H2,(H2,17,18,19,20). The summed E-state index contributed by atoms with van der Waals surface area (Å²) in [7, 11) is 0. The number of aromatic nitrogens is 3. The average molecular weight is 299 g/mol. The molecule has 4 rings (SSSR count). The molecular weight excluding hydrogens is 288 g/mol. The maximum Gasteiger partial charge on any atom is 0.223 e. The zero-order valence-electron chi connectivity index (χ0n) is 11.0. The van der Waals surface area contributed by atoms with Gasteiger partial charge in [-0.15, -0.1) is 0 Å². The van der Waals surface area contributed by atoms with Crippen LogP contribution < -0.4 is 5.73 Å². The van der Waals surface area contributed by atoms with Crippen LogP contribution in [0.1, 0.15) is 11.1 Å². The number of ether oxygens (including phenoxy) is 1. The Kier molecular flexibility index (Phi) is 2.77. The van der Waals surface area contributed by atoms with Gasteiger partial charge in [0.15, 0.2) is 5.82 Å². The molecule has 2 N–H and O–H groups in total. The van der Waals surface area contributed by atoms with Crippen molar-refractivity contribution in [3.05, 3.63) is 46.7 Å². The smallest absolute Gasteiger partial charge is 0.223 e. The second-order valence-corrected chi connectivity index (χ2v) is 5.30. The molecule has 1 aliphatic heterocycles. The highest BCUT2D eigenvalue weighted by molar-refractivity contribution is 6.35. The van der Waals surface area contributed by atoms with E-state index in [0.29, 0.717) is 24.1 Å². The summed E-state index contributed by atoms with van der Waals surface area (Å²) in [6.45, 7) is 1.16. The lowest BCUT2D eigenvalue weighted by molar-refractivity contribution is 0.103. The van der Waals surface area contributed by atoms with Gasteiger partial charge < -0.3 is 10.5 Å². The molecule has 0 unspecified atom stereocenters. The number of halogens is 1. The largest absolute Gasteiger partial charge is 0.372 e. The van der Waals surface area contributed by atoms with Crippen molar-refractivity contribution in [2.24, 2.45) is 0 Å². The quantitative estimate of drug-likeness (QED) is 0.747. The molecule has 1 aliphatic rings. The van der Waals surface area contributed by atoms with E-state index in [4.69, 9.17) is 22.1 Å². The lowest BCUT2D eigenvalue weighted by Crippen LogP contribution is -2.06. The summed E-state index contributed by atoms with van der Waals surface area (Å²) in [5.41, 5.74) is 8.68. The van der Waals surface area contributed by atoms with E-state index in [2.05, 4.69) is 21.0 Å². The van der Waals surface area contributed by atoms with Crippen LogP contribution in [0.2, 0.25) is 5.02 Å². The summed E-state index contributed by atoms with van der Waals surface area (Å²) >= 11 is 6.45. The highest BCUT2D eigenvalue weighted by Crippen LogP contribution is 2.39. The zero-order chi connectivity index (χ0) is 14.4. The molecule has 3 aromatic rings. The Bertz CT molecular complexity index is 866. The molecule has 0 amide bonds. The molecule has 2 aromatic carbocycles. The molecule has 0 aliphatic carbocycles. The van der Waals surface area contributed by atoms with Crippen molar-refractivity contribution in [3.8, 4) is 11.4 Å². The molecular formula is C15H11ClN4O. The van der Waals surface area contributed by atoms with Crippen molar-refractivity contribution in [3.63, 3.8) is 0 Å². The van der Waals surface area contributed by atoms with Crippen molar-refractivity contribution in [1.82, 2.24) is 15.0 Å². The summed E-state index contributed by atoms with van der Waals surface area (Å²) in [4.78, 5) is 12.2. The molecule has 0 saturated carbocycles. The van der Waals surface area contributed by atoms with Crippen LogP contribution in [0.15, 0.2) is 30.6 Å². The SMILES string of the molecule is Nc1ncnc(-c2c(Cl)cc3c4c(cccc24)COC3)n1. The minimum absolute atomic E-state index is 0.180. The Morgan fingerprint density at radius 2 is 2.00 bits per heavy atom. The number of anilines is 1. The molecule has 6 heteroatoms. The van der Waals surface area contributed by atoms with Crippen LogP contribution in [-0.2, 0) is 18.0 Å². The van der Waals surface area contributed by atoms with E-state index < -0.39 is 0 Å². The maximum absolute atomic E-state index is 6.45. The van der Waals surface area contributed by atoms with Gasteiger partial charge in [0, 0.05) is 5.56 Å². The lowest BCUT2D eigenvalue weighted by atomic mass is 9.94. The van der Waals surface area contributed by atoms with Gasteiger partial charge in [0.1, 0.15) is 6.33 Å². The predicted octanol–water partition coefficient (Wildman–Crippen LogP) is 2.96. The zero-order valence-corrected chi connectivity index (χ0v) is 11.8. The highest BCUT2D eigenvalue weighted by atomic mass is 35.5. The third-order valence-corrected chi connectivity index (χ3v) is 3.91. The van der Waals surface area contributed by atoms with Crippen molar-refractivity contribution < 1.29 is 4.74 Å². The number of nitrogens with two attached hydrogens (primary N) is 1. The van der Waals surface area contributed by atoms with E-state index in [1.807, 2.05) is 18.2 Å². The van der Waals surface area contributed by atoms with Gasteiger partial charge >= 0.3 is 0 Å². The first-order valence-electron chi connectivity index (χ1n) is 6.49. The topological polar surface area (TPSA) is 73.9 Å². The fourth-order valence-corrected chi connectivity index (χ4v) is 3.09. The Balaban J connectivity index is 2.11. The van der Waals surface area contributed by atoms with E-state index in [-0.39, 0.29) is 5.95 Å². The first-order valence-corrected chi connectivity index (χ1v) is 6.87. The van der Waals surface area contributed by atoms with Gasteiger partial charge in [-0.2, -0.15) is 4.98 Å². The highest BCUT2D eigenvalue weighted by Gasteiger charge is 2.19. The summed E-state index contributed by atoms with van der Waals surface area (Å²) in [6, 6.07) is 7.99. The molecule has 104 valence electrons. The first kappa shape index (κ1) is 12.5. The summed E-state index contributed by atoms with van der Waals surface area (Å²) in [6.07, 6.45) is 1.40. The summed E-state index contributed by atoms with van der Waals surface area (Å²) < 4.78 is 5.59. The molecule has 0 spiro atoms. The van der Waals surface area contributed by atoms with Crippen LogP contribution in [0.3, 0.4) is 0 Å². The average Bonchev–Trinajstić information content (AvgIpc) is 2.47. The number of hydrogen-bond acceptors (Lipinski definition) is 5. The molecule has 0 fully saturated rings. The van der Waals surface area contributed by atoms with Crippen molar-refractivity contribution in [2.75, 3.05) is 5.73 Å². The number of rotatable bonds is 1. The van der Waals surface area contributed by atoms with E-state index in [1.165, 1.54) is 11.7 Å². The van der Waals surface area contributed by atoms with Crippen molar-refractivity contribution >= 4 is 28.3 Å². The van der Waals surface area contributed by atoms with Gasteiger partial charge in [0.25, 0.3) is 0 Å². The number of nitrogen functional groups attached to an aromatic ring is 1. The van der Waals surface area contributed by atoms with Gasteiger partial charge in [-0.25, -0.2) is 9.97 Å². The van der Waals surface area contributed by atoms with Crippen LogP contribution in [0.4, 0.5) is 5.95 Å². The second kappa shape index (κ2) is 4.65. The predicted molar refractivity (Wildman–Crippen MR) is 80.7 cm³/mol. The Morgan fingerprint density at radius 3 is 2.86 bits per heavy atom. The van der Waals surface area contributed by atoms with E-state index in [9.17, 15) is 0 Å². The van der Waals surface area contributed by atoms with E-state index in [0.717, 1.165) is 22.1 Å². The number of benzene rings is 2. The summed E-state index contributed by atoms with van der Waals surface area (Å²) in [5.74, 6) is 0.669. The number of hydrogen-bond donors (Lipinski definition) is 1. The third-order valence-electron chi connectivity index (χ3n) is 3.61. The van der Waals surface area contributed by atoms with Crippen LogP contribution in [0, 0.1) is 0 Å². The molecule has 21 heavy (non-hydrogen) atoms. The van der Waals surface area contributed by atoms with Crippen LogP contribution in [0.25, 0.3) is 22.2 Å². The second-order valence-electron chi connectivity index (χ2n) is 4.89. The summed E-state index contributed by atoms with van der Waals surface area (Å²) in [5, 5.41) is 2.77. The van der Waals surface area contributed by atoms with Crippen LogP contribution >= 0.6 is 11.6 Å². The lowest BCUT2D eigenvalue weighted by Gasteiger charge is -2.20. The fourth-order valence-electron chi connectivity index (χ4n) is 2.78. The maximum atomic E-state index is 6.45. The van der Waals surface area contributed by atoms with Gasteiger partial charge in [-0.3, -0.25) is 0 Å². The first-order chi connectivity index (χ1) is 10.2. The van der Waals surface area contributed by atoms with Crippen molar-refractivity contribution in [2.45, 2.75) is 13.2 Å². The minimum Gasteiger partial charge on any atom is -0.372 e. The molecule has 0 saturated heterocycles. The Morgan fingerprint density at radius 1 is 1.14 bits per heavy atom. The Labute approximate surface area is 125 Å². The van der Waals surface area contributed by atoms with Gasteiger partial charge in [-0.05, 0) is 28.0 Å². The fraction of sp³-hybridized carbons (Fsp3) is 0.133. The van der Waals surface area contributed by atoms with Crippen LogP contribution in [0.5, 0.6) is 0 Å². The van der Waals surface area contributed by atoms with Crippen LogP contribution in [-0.4, -0.2) is 15.0 Å². The molecule has 2 heterocycles. The van der Waals surface area contributed by atoms with Gasteiger partial charge in [-0.1, -0.05) is 29.8 Å². The molecule has 0 bridgehead atoms. The number of nitrogens with zero attached hydrogens (tertiary/aromatic N) is 3. The van der Waals surface area contributed by atoms with Gasteiger partial charge in [0.2, 0.25) is 5.95 Å². The monoisotopic (exact) mass is 298 g/mol. The Hall–Kier alpha value is -2.24. The van der Waals surface area contributed by atoms with E-state index in [1.54, 1.807) is 0 Å². The normalized spacial score (nSPS) is 13.6. The third kappa shape index (κ3) is 1.93. The van der Waals surface area contributed by atoms with Gasteiger partial charge in [0.05, 0.1) is 18.2 Å². The van der Waals surface area contributed by atoms with Crippen molar-refractivity contribution in [1.29, 1.82) is 0 Å². The molecule has 5 nitrogen and oxygen atoms in total. The minimum atomic E-state index is 0.180. The molecule has 0 radical (unpaired) electrons. The molecule has 0 atom stereocenters. The molecule has 1 aromatic heterocycles.